The Morgan fingerprint density at radius 2 is 1.02 bits per heavy atom. The summed E-state index contributed by atoms with van der Waals surface area (Å²) in [6.07, 6.45) is 5.05. The van der Waals surface area contributed by atoms with Crippen LogP contribution in [-0.2, 0) is 19.1 Å². The van der Waals surface area contributed by atoms with E-state index in [-0.39, 0.29) is 47.6 Å². The number of nitrogens with zero attached hydrogens (tertiary/aromatic N) is 4. The molecule has 62 heavy (non-hydrogen) atoms. The summed E-state index contributed by atoms with van der Waals surface area (Å²) in [5.74, 6) is 7.61. The fourth-order valence-electron chi connectivity index (χ4n) is 9.50. The molecule has 4 fully saturated rings. The van der Waals surface area contributed by atoms with Crippen LogP contribution >= 0.6 is 0 Å². The fourth-order valence-corrected chi connectivity index (χ4v) is 9.50. The van der Waals surface area contributed by atoms with E-state index in [1.807, 2.05) is 48.5 Å². The molecule has 4 saturated heterocycles. The number of amides is 4. The molecule has 16 heteroatoms. The van der Waals surface area contributed by atoms with E-state index < -0.39 is 24.3 Å². The highest BCUT2D eigenvalue weighted by Crippen LogP contribution is 2.38. The molecule has 4 aromatic rings. The third-order valence-electron chi connectivity index (χ3n) is 12.7. The van der Waals surface area contributed by atoms with Crippen molar-refractivity contribution in [3.05, 3.63) is 83.7 Å². The summed E-state index contributed by atoms with van der Waals surface area (Å²) in [5, 5.41) is 24.2. The maximum atomic E-state index is 13.9. The Balaban J connectivity index is 0.903. The van der Waals surface area contributed by atoms with E-state index in [1.165, 1.54) is 0 Å². The van der Waals surface area contributed by atoms with Gasteiger partial charge in [-0.3, -0.25) is 9.59 Å². The molecule has 0 unspecified atom stereocenters. The summed E-state index contributed by atoms with van der Waals surface area (Å²) in [7, 11) is 0. The fraction of sp³-hybridized carbons (Fsp3) is 0.478. The van der Waals surface area contributed by atoms with Gasteiger partial charge in [0.05, 0.1) is 35.9 Å². The van der Waals surface area contributed by atoms with Gasteiger partial charge in [0.15, 0.2) is 0 Å². The molecule has 6 heterocycles. The van der Waals surface area contributed by atoms with E-state index in [4.69, 9.17) is 9.47 Å². The molecule has 2 aromatic carbocycles. The van der Waals surface area contributed by atoms with Gasteiger partial charge in [0.1, 0.15) is 23.7 Å². The van der Waals surface area contributed by atoms with Crippen molar-refractivity contribution in [3.8, 4) is 34.4 Å². The van der Waals surface area contributed by atoms with Crippen LogP contribution in [0.1, 0.15) is 87.2 Å². The number of rotatable bonds is 10. The molecule has 0 aliphatic carbocycles. The third-order valence-corrected chi connectivity index (χ3v) is 12.7. The molecule has 0 bridgehead atoms. The van der Waals surface area contributed by atoms with Crippen molar-refractivity contribution in [1.29, 1.82) is 0 Å². The summed E-state index contributed by atoms with van der Waals surface area (Å²) < 4.78 is 10.9. The van der Waals surface area contributed by atoms with Crippen LogP contribution in [0.3, 0.4) is 0 Å². The zero-order valence-corrected chi connectivity index (χ0v) is 35.0. The van der Waals surface area contributed by atoms with Crippen molar-refractivity contribution in [2.75, 3.05) is 39.5 Å². The number of carbonyl (C=O) groups excluding carboxylic acids is 2. The molecule has 4 aliphatic heterocycles. The van der Waals surface area contributed by atoms with Crippen molar-refractivity contribution in [3.63, 3.8) is 0 Å². The predicted octanol–water partition coefficient (Wildman–Crippen LogP) is 5.81. The molecule has 0 saturated carbocycles. The van der Waals surface area contributed by atoms with Gasteiger partial charge in [0.25, 0.3) is 0 Å². The summed E-state index contributed by atoms with van der Waals surface area (Å²) in [5.41, 5.74) is 5.14. The first kappa shape index (κ1) is 42.5. The zero-order chi connectivity index (χ0) is 43.3. The molecule has 6 N–H and O–H groups in total. The summed E-state index contributed by atoms with van der Waals surface area (Å²) >= 11 is 0. The predicted molar refractivity (Wildman–Crippen MR) is 227 cm³/mol. The molecule has 0 radical (unpaired) electrons. The lowest BCUT2D eigenvalue weighted by atomic mass is 9.90. The molecule has 6 atom stereocenters. The highest BCUT2D eigenvalue weighted by atomic mass is 16.5. The Kier molecular flexibility index (Phi) is 12.9. The molecule has 326 valence electrons. The number of hydrogen-bond acceptors (Lipinski definition) is 8. The van der Waals surface area contributed by atoms with E-state index in [0.29, 0.717) is 76.8 Å². The van der Waals surface area contributed by atoms with Crippen molar-refractivity contribution in [2.45, 2.75) is 76.5 Å². The van der Waals surface area contributed by atoms with Gasteiger partial charge in [0.2, 0.25) is 11.8 Å². The van der Waals surface area contributed by atoms with Gasteiger partial charge in [-0.25, -0.2) is 19.6 Å². The Hall–Kier alpha value is -6.18. The molecule has 8 rings (SSSR count). The molecule has 0 spiro atoms. The summed E-state index contributed by atoms with van der Waals surface area (Å²) in [6.45, 7) is 7.26. The van der Waals surface area contributed by atoms with E-state index in [9.17, 15) is 29.4 Å². The Morgan fingerprint density at radius 3 is 1.37 bits per heavy atom. The van der Waals surface area contributed by atoms with E-state index in [0.717, 1.165) is 46.5 Å². The maximum Gasteiger partial charge on any atom is 0.405 e. The number of carboxylic acid groups (broad SMARTS) is 2. The van der Waals surface area contributed by atoms with Crippen molar-refractivity contribution in [1.82, 2.24) is 40.4 Å². The highest BCUT2D eigenvalue weighted by molar-refractivity contribution is 5.87. The van der Waals surface area contributed by atoms with Gasteiger partial charge in [-0.2, -0.15) is 0 Å². The van der Waals surface area contributed by atoms with Crippen LogP contribution in [0, 0.1) is 35.5 Å². The lowest BCUT2D eigenvalue weighted by Gasteiger charge is -2.34. The van der Waals surface area contributed by atoms with E-state index in [1.54, 1.807) is 22.2 Å². The average Bonchev–Trinajstić information content (AvgIpc) is 4.11. The monoisotopic (exact) mass is 846 g/mol. The maximum absolute atomic E-state index is 13.9. The van der Waals surface area contributed by atoms with Gasteiger partial charge < -0.3 is 50.1 Å². The molecule has 2 aromatic heterocycles. The molecule has 16 nitrogen and oxygen atoms in total. The first-order valence-electron chi connectivity index (χ1n) is 21.6. The highest BCUT2D eigenvalue weighted by Gasteiger charge is 2.43. The standard InChI is InChI=1S/C46H54N8O8/c1-27-21-37(53(25-27)43(55)39(51-45(57)58)33-13-17-61-18-14-33)41-47-23-35(49-41)31-9-5-29(6-10-31)3-4-30-7-11-32(12-8-30)36-24-48-42(50-36)38-22-28(2)26-54(38)44(56)40(52-46(59)60)34-15-19-62-20-16-34/h5-12,23-24,27-28,33-34,37-40,51-52H,13-22,25-26H2,1-2H3,(H,47,49)(H,48,50)(H,57,58)(H,59,60)/t27-,28-,37-,38-,39-,40-/m0/s1. The van der Waals surface area contributed by atoms with Crippen molar-refractivity contribution in [2.24, 2.45) is 23.7 Å². The summed E-state index contributed by atoms with van der Waals surface area (Å²) in [4.78, 5) is 71.0. The lowest BCUT2D eigenvalue weighted by Crippen LogP contribution is -2.53. The van der Waals surface area contributed by atoms with Crippen molar-refractivity contribution >= 4 is 24.0 Å². The Morgan fingerprint density at radius 1 is 0.645 bits per heavy atom. The van der Waals surface area contributed by atoms with Crippen LogP contribution in [0.5, 0.6) is 0 Å². The smallest absolute Gasteiger partial charge is 0.405 e. The van der Waals surface area contributed by atoms with Crippen molar-refractivity contribution < 1.29 is 38.9 Å². The van der Waals surface area contributed by atoms with Crippen LogP contribution in [0.25, 0.3) is 22.5 Å². The number of carbonyl (C=O) groups is 4. The minimum Gasteiger partial charge on any atom is -0.465 e. The minimum atomic E-state index is -1.21. The van der Waals surface area contributed by atoms with E-state index in [2.05, 4.69) is 56.3 Å². The van der Waals surface area contributed by atoms with Crippen LogP contribution in [0.15, 0.2) is 60.9 Å². The second kappa shape index (κ2) is 18.8. The number of ether oxygens (including phenoxy) is 2. The second-order valence-electron chi connectivity index (χ2n) is 17.2. The number of imidazole rings is 2. The lowest BCUT2D eigenvalue weighted by molar-refractivity contribution is -0.137. The minimum absolute atomic E-state index is 0.124. The zero-order valence-electron chi connectivity index (χ0n) is 35.0. The van der Waals surface area contributed by atoms with Crippen LogP contribution in [-0.4, -0.2) is 116 Å². The first-order chi connectivity index (χ1) is 30.0. The second-order valence-corrected chi connectivity index (χ2v) is 17.2. The third kappa shape index (κ3) is 9.64. The quantitative estimate of drug-likeness (QED) is 0.105. The number of H-pyrrole nitrogens is 2. The molecular formula is C46H54N8O8. The topological polar surface area (TPSA) is 215 Å². The first-order valence-corrected chi connectivity index (χ1v) is 21.6. The van der Waals surface area contributed by atoms with Crippen LogP contribution in [0.4, 0.5) is 9.59 Å². The summed E-state index contributed by atoms with van der Waals surface area (Å²) in [6, 6.07) is 13.5. The Labute approximate surface area is 360 Å². The van der Waals surface area contributed by atoms with Gasteiger partial charge in [-0.15, -0.1) is 0 Å². The van der Waals surface area contributed by atoms with Gasteiger partial charge >= 0.3 is 12.2 Å². The molecule has 4 amide bonds. The largest absolute Gasteiger partial charge is 0.465 e. The number of aromatic amines is 2. The Bertz CT molecular complexity index is 2130. The van der Waals surface area contributed by atoms with Crippen LogP contribution in [0.2, 0.25) is 0 Å². The van der Waals surface area contributed by atoms with Crippen LogP contribution < -0.4 is 10.6 Å². The molecule has 4 aliphatic rings. The van der Waals surface area contributed by atoms with Gasteiger partial charge in [-0.05, 0) is 97.6 Å². The number of nitrogens with one attached hydrogen (secondary N) is 4. The molecular weight excluding hydrogens is 793 g/mol. The number of benzene rings is 2. The number of hydrogen-bond donors (Lipinski definition) is 6. The number of aromatic nitrogens is 4. The number of likely N-dealkylation sites (tertiary alicyclic amines) is 2. The SMILES string of the molecule is C[C@H]1C[C@@H](c2ncc(-c3ccc(C#Cc4ccc(-c5cnc([C@@H]6C[C@H](C)CN6C(=O)[C@@H](NC(=O)O)C6CCOCC6)[nH]5)cc4)cc3)[nH]2)N(C(=O)[C@@H](NC(=O)O)C2CCOCC2)C1. The van der Waals surface area contributed by atoms with Gasteiger partial charge in [-0.1, -0.05) is 50.0 Å². The average molecular weight is 847 g/mol. The normalized spacial score (nSPS) is 23.0. The van der Waals surface area contributed by atoms with Gasteiger partial charge in [0, 0.05) is 50.6 Å². The van der Waals surface area contributed by atoms with E-state index >= 15 is 0 Å².